The normalized spacial score (nSPS) is 22.4. The number of aliphatic hydroxyl groups is 2. The van der Waals surface area contributed by atoms with Gasteiger partial charge in [-0.15, -0.1) is 0 Å². The lowest BCUT2D eigenvalue weighted by molar-refractivity contribution is -0.164. The maximum Gasteiger partial charge on any atom is 0.311 e. The summed E-state index contributed by atoms with van der Waals surface area (Å²) in [6.45, 7) is 13.2. The summed E-state index contributed by atoms with van der Waals surface area (Å²) in [4.78, 5) is 39.9. The largest absolute Gasteiger partial charge is 0.461 e. The fourth-order valence-electron chi connectivity index (χ4n) is 7.87. The molecule has 2 aliphatic carbocycles. The Kier molecular flexibility index (Phi) is 23.3. The summed E-state index contributed by atoms with van der Waals surface area (Å²) >= 11 is 0. The molecule has 0 aromatic rings. The average Bonchev–Trinajstić information content (AvgIpc) is 3.12. The zero-order valence-corrected chi connectivity index (χ0v) is 35.5. The van der Waals surface area contributed by atoms with Gasteiger partial charge in [-0.25, -0.2) is 0 Å². The molecule has 0 fully saturated rings. The Hall–Kier alpha value is -2.45. The topological polar surface area (TPSA) is 116 Å². The number of hydrogen-bond acceptors (Lipinski definition) is 6. The lowest BCUT2D eigenvalue weighted by Gasteiger charge is -2.44. The Morgan fingerprint density at radius 2 is 1.57 bits per heavy atom. The summed E-state index contributed by atoms with van der Waals surface area (Å²) in [6.07, 6.45) is 28.7. The highest BCUT2D eigenvalue weighted by Crippen LogP contribution is 2.45. The van der Waals surface area contributed by atoms with Crippen LogP contribution in [0.15, 0.2) is 36.0 Å². The molecule has 0 aromatic carbocycles. The van der Waals surface area contributed by atoms with Crippen LogP contribution in [0.25, 0.3) is 0 Å². The van der Waals surface area contributed by atoms with Gasteiger partial charge in [0.15, 0.2) is 0 Å². The van der Waals surface area contributed by atoms with Crippen molar-refractivity contribution < 1.29 is 29.3 Å². The fraction of sp³-hybridized carbons (Fsp3) is 0.804. The number of rotatable bonds is 28. The van der Waals surface area contributed by atoms with Crippen LogP contribution in [0.5, 0.6) is 0 Å². The smallest absolute Gasteiger partial charge is 0.311 e. The van der Waals surface area contributed by atoms with Gasteiger partial charge in [-0.05, 0) is 101 Å². The number of nitrogens with one attached hydrogen (secondary N) is 1. The lowest BCUT2D eigenvalue weighted by atomic mass is 9.65. The molecular weight excluding hydrogens is 677 g/mol. The number of nitrogens with zero attached hydrogens (tertiary/aromatic N) is 1. The van der Waals surface area contributed by atoms with E-state index in [1.54, 1.807) is 11.9 Å². The Bertz CT molecular complexity index is 1180. The molecule has 0 saturated carbocycles. The van der Waals surface area contributed by atoms with Gasteiger partial charge < -0.3 is 25.2 Å². The van der Waals surface area contributed by atoms with Crippen molar-refractivity contribution in [1.82, 2.24) is 10.2 Å². The van der Waals surface area contributed by atoms with Crippen molar-refractivity contribution in [2.45, 2.75) is 188 Å². The number of aliphatic hydroxyl groups excluding tert-OH is 2. The Morgan fingerprint density at radius 1 is 0.944 bits per heavy atom. The molecule has 310 valence electrons. The van der Waals surface area contributed by atoms with Crippen LogP contribution < -0.4 is 5.32 Å². The Balaban J connectivity index is 1.61. The van der Waals surface area contributed by atoms with E-state index in [9.17, 15) is 24.6 Å². The van der Waals surface area contributed by atoms with Gasteiger partial charge in [0, 0.05) is 32.5 Å². The molecule has 2 unspecified atom stereocenters. The van der Waals surface area contributed by atoms with E-state index in [1.807, 2.05) is 20.8 Å². The minimum Gasteiger partial charge on any atom is -0.461 e. The Labute approximate surface area is 330 Å². The molecular formula is C46H80N2O6. The molecule has 54 heavy (non-hydrogen) atoms. The van der Waals surface area contributed by atoms with Gasteiger partial charge in [-0.3, -0.25) is 14.4 Å². The van der Waals surface area contributed by atoms with Crippen LogP contribution in [0.1, 0.15) is 170 Å². The van der Waals surface area contributed by atoms with E-state index in [0.717, 1.165) is 38.5 Å². The Morgan fingerprint density at radius 3 is 2.22 bits per heavy atom. The number of fused-ring (bicyclic) bond motifs is 1. The predicted molar refractivity (Wildman–Crippen MR) is 222 cm³/mol. The van der Waals surface area contributed by atoms with E-state index in [-0.39, 0.29) is 54.5 Å². The third kappa shape index (κ3) is 18.5. The summed E-state index contributed by atoms with van der Waals surface area (Å²) in [5.74, 6) is 0.494. The van der Waals surface area contributed by atoms with Gasteiger partial charge in [0.1, 0.15) is 6.10 Å². The minimum atomic E-state index is -0.958. The van der Waals surface area contributed by atoms with Crippen LogP contribution >= 0.6 is 0 Å². The standard InChI is InChI=1S/C46H80N2O6/c1-8-10-11-12-13-14-15-16-17-18-19-20-21-22-23-24-43(52)48(7)30-29-47-42(51)34-39(50)33-38(49)27-28-40-36(4)25-26-37-31-35(3)32-41(44(37)40)54-45(53)46(5,6)9-2/h16-17,25-26,31,35-36,38-41,44,49-50H,8-15,18-24,27-30,32-34H2,1-7H3,(H,47,51)/b17-16-/t35-,36-,38-,39+,40-,41?,44?/m0/s1. The summed E-state index contributed by atoms with van der Waals surface area (Å²) in [5.41, 5.74) is 0.678. The first-order chi connectivity index (χ1) is 25.8. The van der Waals surface area contributed by atoms with Crippen molar-refractivity contribution in [2.24, 2.45) is 29.1 Å². The molecule has 2 amide bonds. The highest BCUT2D eigenvalue weighted by atomic mass is 16.5. The number of amides is 2. The molecule has 7 atom stereocenters. The van der Waals surface area contributed by atoms with Gasteiger partial charge in [0.05, 0.1) is 24.0 Å². The number of allylic oxidation sites excluding steroid dienone is 5. The molecule has 0 radical (unpaired) electrons. The number of carbonyl (C=O) groups is 3. The predicted octanol–water partition coefficient (Wildman–Crippen LogP) is 9.63. The molecule has 0 spiro atoms. The molecule has 0 aliphatic heterocycles. The van der Waals surface area contributed by atoms with Crippen molar-refractivity contribution in [1.29, 1.82) is 0 Å². The van der Waals surface area contributed by atoms with Crippen molar-refractivity contribution >= 4 is 17.8 Å². The van der Waals surface area contributed by atoms with E-state index in [1.165, 1.54) is 63.4 Å². The third-order valence-electron chi connectivity index (χ3n) is 11.9. The average molecular weight is 757 g/mol. The van der Waals surface area contributed by atoms with Gasteiger partial charge in [0.2, 0.25) is 11.8 Å². The van der Waals surface area contributed by atoms with E-state index in [2.05, 4.69) is 56.5 Å². The first-order valence-electron chi connectivity index (χ1n) is 21.9. The summed E-state index contributed by atoms with van der Waals surface area (Å²) in [5, 5.41) is 24.3. The molecule has 0 bridgehead atoms. The lowest BCUT2D eigenvalue weighted by Crippen LogP contribution is -2.43. The summed E-state index contributed by atoms with van der Waals surface area (Å²) < 4.78 is 6.21. The summed E-state index contributed by atoms with van der Waals surface area (Å²) in [7, 11) is 1.77. The zero-order valence-electron chi connectivity index (χ0n) is 35.5. The van der Waals surface area contributed by atoms with Crippen LogP contribution in [0, 0.1) is 29.1 Å². The maximum atomic E-state index is 13.1. The molecule has 0 saturated heterocycles. The second-order valence-electron chi connectivity index (χ2n) is 17.3. The molecule has 2 aliphatic rings. The van der Waals surface area contributed by atoms with Crippen LogP contribution in [0.4, 0.5) is 0 Å². The molecule has 8 heteroatoms. The molecule has 3 N–H and O–H groups in total. The first-order valence-corrected chi connectivity index (χ1v) is 21.9. The van der Waals surface area contributed by atoms with Crippen molar-refractivity contribution in [3.8, 4) is 0 Å². The van der Waals surface area contributed by atoms with Gasteiger partial charge in [0.25, 0.3) is 0 Å². The first kappa shape index (κ1) is 47.7. The van der Waals surface area contributed by atoms with Crippen molar-refractivity contribution in [3.63, 3.8) is 0 Å². The quantitative estimate of drug-likeness (QED) is 0.0416. The van der Waals surface area contributed by atoms with Crippen LogP contribution in [-0.4, -0.2) is 71.3 Å². The number of esters is 1. The van der Waals surface area contributed by atoms with Gasteiger partial charge in [-0.1, -0.05) is 109 Å². The van der Waals surface area contributed by atoms with Crippen molar-refractivity contribution in [3.05, 3.63) is 36.0 Å². The van der Waals surface area contributed by atoms with Crippen LogP contribution in [-0.2, 0) is 19.1 Å². The molecule has 0 heterocycles. The number of ether oxygens (including phenoxy) is 1. The molecule has 2 rings (SSSR count). The minimum absolute atomic E-state index is 0.0765. The highest BCUT2D eigenvalue weighted by Gasteiger charge is 2.43. The SMILES string of the molecule is CCCCCCCC/C=C\CCCCCCCC(=O)N(C)CCNC(=O)C[C@H](O)C[C@@H](O)CC[C@@H]1C2C(=C[C@H](C)CC2OC(=O)C(C)(C)CC)C=C[C@@H]1C. The second kappa shape index (κ2) is 26.4. The number of hydrogen-bond donors (Lipinski definition) is 3. The highest BCUT2D eigenvalue weighted by molar-refractivity contribution is 5.77. The zero-order chi connectivity index (χ0) is 39.9. The van der Waals surface area contributed by atoms with E-state index < -0.39 is 17.6 Å². The van der Waals surface area contributed by atoms with Crippen LogP contribution in [0.2, 0.25) is 0 Å². The monoisotopic (exact) mass is 757 g/mol. The second-order valence-corrected chi connectivity index (χ2v) is 17.3. The third-order valence-corrected chi connectivity index (χ3v) is 11.9. The van der Waals surface area contributed by atoms with E-state index in [0.29, 0.717) is 38.3 Å². The number of unbranched alkanes of at least 4 members (excludes halogenated alkanes) is 11. The van der Waals surface area contributed by atoms with E-state index >= 15 is 0 Å². The molecule has 8 nitrogen and oxygen atoms in total. The number of carbonyl (C=O) groups excluding carboxylic acids is 3. The van der Waals surface area contributed by atoms with Gasteiger partial charge >= 0.3 is 5.97 Å². The van der Waals surface area contributed by atoms with E-state index in [4.69, 9.17) is 4.74 Å². The molecule has 0 aromatic heterocycles. The van der Waals surface area contributed by atoms with Crippen LogP contribution in [0.3, 0.4) is 0 Å². The van der Waals surface area contributed by atoms with Gasteiger partial charge in [-0.2, -0.15) is 0 Å². The maximum absolute atomic E-state index is 13.1. The van der Waals surface area contributed by atoms with Crippen molar-refractivity contribution in [2.75, 3.05) is 20.1 Å². The summed E-state index contributed by atoms with van der Waals surface area (Å²) in [6, 6.07) is 0. The number of likely N-dealkylation sites (N-methyl/N-ethyl adjacent to an activating group) is 1. The fourth-order valence-corrected chi connectivity index (χ4v) is 7.87.